The van der Waals surface area contributed by atoms with Crippen LogP contribution in [0, 0.1) is 0 Å². The standard InChI is InChI=1S/C12H12F2O3/c1-17-11(16)7-6-10(15)8-2-4-9(5-3-8)12(13)14/h2-5,12H,6-7H2,1H3. The molecular weight excluding hydrogens is 230 g/mol. The van der Waals surface area contributed by atoms with Crippen LogP contribution >= 0.6 is 0 Å². The first-order valence-electron chi connectivity index (χ1n) is 5.02. The van der Waals surface area contributed by atoms with Gasteiger partial charge in [0.1, 0.15) is 0 Å². The van der Waals surface area contributed by atoms with E-state index in [1.807, 2.05) is 0 Å². The predicted octanol–water partition coefficient (Wildman–Crippen LogP) is 2.76. The number of hydrogen-bond acceptors (Lipinski definition) is 3. The van der Waals surface area contributed by atoms with Crippen LogP contribution in [0.15, 0.2) is 24.3 Å². The van der Waals surface area contributed by atoms with Crippen LogP contribution in [0.2, 0.25) is 0 Å². The molecule has 0 bridgehead atoms. The molecule has 0 aliphatic carbocycles. The molecule has 1 aromatic carbocycles. The molecule has 3 nitrogen and oxygen atoms in total. The summed E-state index contributed by atoms with van der Waals surface area (Å²) in [5, 5.41) is 0. The molecule has 0 unspecified atom stereocenters. The highest BCUT2D eigenvalue weighted by atomic mass is 19.3. The molecule has 0 aliphatic rings. The third-order valence-electron chi connectivity index (χ3n) is 2.27. The number of ketones is 1. The lowest BCUT2D eigenvalue weighted by Crippen LogP contribution is -2.06. The zero-order valence-electron chi connectivity index (χ0n) is 9.28. The van der Waals surface area contributed by atoms with Crippen LogP contribution in [0.25, 0.3) is 0 Å². The number of halogens is 2. The molecule has 0 aromatic heterocycles. The number of carbonyl (C=O) groups is 2. The van der Waals surface area contributed by atoms with Crippen molar-refractivity contribution in [2.75, 3.05) is 7.11 Å². The number of rotatable bonds is 5. The quantitative estimate of drug-likeness (QED) is 0.589. The van der Waals surface area contributed by atoms with Gasteiger partial charge in [-0.05, 0) is 0 Å². The molecule has 92 valence electrons. The highest BCUT2D eigenvalue weighted by molar-refractivity contribution is 5.97. The zero-order valence-corrected chi connectivity index (χ0v) is 9.28. The van der Waals surface area contributed by atoms with E-state index in [1.165, 1.54) is 31.4 Å². The topological polar surface area (TPSA) is 43.4 Å². The van der Waals surface area contributed by atoms with E-state index in [9.17, 15) is 18.4 Å². The lowest BCUT2D eigenvalue weighted by atomic mass is 10.0. The Labute approximate surface area is 97.4 Å². The molecule has 0 spiro atoms. The second-order valence-corrected chi connectivity index (χ2v) is 3.42. The maximum atomic E-state index is 12.3. The molecule has 0 heterocycles. The van der Waals surface area contributed by atoms with Gasteiger partial charge >= 0.3 is 5.97 Å². The van der Waals surface area contributed by atoms with Gasteiger partial charge in [0.25, 0.3) is 6.43 Å². The van der Waals surface area contributed by atoms with Gasteiger partial charge in [-0.15, -0.1) is 0 Å². The summed E-state index contributed by atoms with van der Waals surface area (Å²) in [6.45, 7) is 0. The van der Waals surface area contributed by atoms with Gasteiger partial charge in [-0.25, -0.2) is 8.78 Å². The second kappa shape index (κ2) is 6.08. The molecule has 0 aliphatic heterocycles. The van der Waals surface area contributed by atoms with Crippen LogP contribution in [0.1, 0.15) is 35.2 Å². The summed E-state index contributed by atoms with van der Waals surface area (Å²) < 4.78 is 28.9. The maximum absolute atomic E-state index is 12.3. The number of alkyl halides is 2. The van der Waals surface area contributed by atoms with Gasteiger partial charge in [0.15, 0.2) is 5.78 Å². The van der Waals surface area contributed by atoms with Gasteiger partial charge in [0.2, 0.25) is 0 Å². The molecule has 0 N–H and O–H groups in total. The Hall–Kier alpha value is -1.78. The summed E-state index contributed by atoms with van der Waals surface area (Å²) in [4.78, 5) is 22.4. The molecular formula is C12H12F2O3. The van der Waals surface area contributed by atoms with Crippen molar-refractivity contribution in [2.24, 2.45) is 0 Å². The average Bonchev–Trinajstić information content (AvgIpc) is 2.35. The number of esters is 1. The summed E-state index contributed by atoms with van der Waals surface area (Å²) in [5.41, 5.74) is 0.188. The Kier molecular flexibility index (Phi) is 4.75. The van der Waals surface area contributed by atoms with Crippen molar-refractivity contribution < 1.29 is 23.1 Å². The third-order valence-corrected chi connectivity index (χ3v) is 2.27. The summed E-state index contributed by atoms with van der Waals surface area (Å²) in [7, 11) is 1.24. The van der Waals surface area contributed by atoms with Crippen LogP contribution in [0.3, 0.4) is 0 Å². The molecule has 1 rings (SSSR count). The van der Waals surface area contributed by atoms with Crippen LogP contribution in [-0.2, 0) is 9.53 Å². The van der Waals surface area contributed by atoms with Crippen molar-refractivity contribution in [2.45, 2.75) is 19.3 Å². The molecule has 17 heavy (non-hydrogen) atoms. The fraction of sp³-hybridized carbons (Fsp3) is 0.333. The molecule has 1 aromatic rings. The molecule has 0 amide bonds. The van der Waals surface area contributed by atoms with E-state index in [0.29, 0.717) is 5.56 Å². The van der Waals surface area contributed by atoms with Gasteiger partial charge < -0.3 is 4.74 Å². The molecule has 0 saturated heterocycles. The van der Waals surface area contributed by atoms with Gasteiger partial charge in [-0.3, -0.25) is 9.59 Å². The fourth-order valence-electron chi connectivity index (χ4n) is 1.28. The van der Waals surface area contributed by atoms with Gasteiger partial charge in [0.05, 0.1) is 13.5 Å². The van der Waals surface area contributed by atoms with E-state index < -0.39 is 12.4 Å². The Morgan fingerprint density at radius 1 is 1.18 bits per heavy atom. The largest absolute Gasteiger partial charge is 0.469 e. The van der Waals surface area contributed by atoms with E-state index in [2.05, 4.69) is 4.74 Å². The molecule has 0 atom stereocenters. The third kappa shape index (κ3) is 3.94. The van der Waals surface area contributed by atoms with Crippen molar-refractivity contribution >= 4 is 11.8 Å². The smallest absolute Gasteiger partial charge is 0.305 e. The van der Waals surface area contributed by atoms with E-state index >= 15 is 0 Å². The van der Waals surface area contributed by atoms with Crippen molar-refractivity contribution in [3.63, 3.8) is 0 Å². The molecule has 0 fully saturated rings. The first-order valence-corrected chi connectivity index (χ1v) is 5.02. The summed E-state index contributed by atoms with van der Waals surface area (Å²) in [5.74, 6) is -0.737. The van der Waals surface area contributed by atoms with E-state index in [0.717, 1.165) is 0 Å². The predicted molar refractivity (Wildman–Crippen MR) is 57.0 cm³/mol. The normalized spacial score (nSPS) is 10.4. The lowest BCUT2D eigenvalue weighted by molar-refractivity contribution is -0.140. The number of Topliss-reactive ketones (excluding diaryl/α,β-unsaturated/α-hetero) is 1. The Morgan fingerprint density at radius 3 is 2.24 bits per heavy atom. The monoisotopic (exact) mass is 242 g/mol. The van der Waals surface area contributed by atoms with Crippen molar-refractivity contribution in [3.8, 4) is 0 Å². The maximum Gasteiger partial charge on any atom is 0.305 e. The van der Waals surface area contributed by atoms with Gasteiger partial charge in [0, 0.05) is 17.5 Å². The van der Waals surface area contributed by atoms with E-state index in [-0.39, 0.29) is 24.2 Å². The number of ether oxygens (including phenoxy) is 1. The minimum absolute atomic E-state index is 0.00800. The van der Waals surface area contributed by atoms with Gasteiger partial charge in [-0.1, -0.05) is 24.3 Å². The highest BCUT2D eigenvalue weighted by Crippen LogP contribution is 2.19. The zero-order chi connectivity index (χ0) is 12.8. The van der Waals surface area contributed by atoms with Crippen LogP contribution < -0.4 is 0 Å². The van der Waals surface area contributed by atoms with Crippen LogP contribution in [0.5, 0.6) is 0 Å². The summed E-state index contributed by atoms with van der Waals surface area (Å²) in [6.07, 6.45) is -2.54. The Balaban J connectivity index is 2.61. The van der Waals surface area contributed by atoms with Crippen LogP contribution in [-0.4, -0.2) is 18.9 Å². The number of methoxy groups -OCH3 is 1. The molecule has 0 saturated carbocycles. The molecule has 5 heteroatoms. The van der Waals surface area contributed by atoms with E-state index in [1.54, 1.807) is 0 Å². The minimum atomic E-state index is -2.55. The Morgan fingerprint density at radius 2 is 1.76 bits per heavy atom. The SMILES string of the molecule is COC(=O)CCC(=O)c1ccc(C(F)F)cc1. The first kappa shape index (κ1) is 13.3. The summed E-state index contributed by atoms with van der Waals surface area (Å²) in [6, 6.07) is 5.08. The molecule has 0 radical (unpaired) electrons. The average molecular weight is 242 g/mol. The minimum Gasteiger partial charge on any atom is -0.469 e. The van der Waals surface area contributed by atoms with Crippen molar-refractivity contribution in [1.29, 1.82) is 0 Å². The van der Waals surface area contributed by atoms with Gasteiger partial charge in [-0.2, -0.15) is 0 Å². The van der Waals surface area contributed by atoms with Crippen LogP contribution in [0.4, 0.5) is 8.78 Å². The summed E-state index contributed by atoms with van der Waals surface area (Å²) >= 11 is 0. The van der Waals surface area contributed by atoms with Crippen molar-refractivity contribution in [3.05, 3.63) is 35.4 Å². The second-order valence-electron chi connectivity index (χ2n) is 3.42. The van der Waals surface area contributed by atoms with Crippen molar-refractivity contribution in [1.82, 2.24) is 0 Å². The lowest BCUT2D eigenvalue weighted by Gasteiger charge is -2.02. The van der Waals surface area contributed by atoms with E-state index in [4.69, 9.17) is 0 Å². The fourth-order valence-corrected chi connectivity index (χ4v) is 1.28. The number of carbonyl (C=O) groups excluding carboxylic acids is 2. The first-order chi connectivity index (χ1) is 8.04. The highest BCUT2D eigenvalue weighted by Gasteiger charge is 2.11. The number of hydrogen-bond donors (Lipinski definition) is 0. The Bertz CT molecular complexity index is 399. The number of benzene rings is 1.